The van der Waals surface area contributed by atoms with E-state index in [9.17, 15) is 44.7 Å². The summed E-state index contributed by atoms with van der Waals surface area (Å²) in [5, 5.41) is 0. The van der Waals surface area contributed by atoms with E-state index in [0.29, 0.717) is 12.8 Å². The number of unbranched alkanes of at least 4 members (excludes halogenated alkanes) is 2. The van der Waals surface area contributed by atoms with E-state index in [1.807, 2.05) is 0 Å². The normalized spacial score (nSPS) is 13.1. The Kier molecular flexibility index (Phi) is 10.2. The summed E-state index contributed by atoms with van der Waals surface area (Å²) in [6.07, 6.45) is -7.37. The Morgan fingerprint density at radius 3 is 1.71 bits per heavy atom. The SMILES string of the molecule is CC(C)(CCCCCC(=O)OCC(F)(F)C(F)F)C(=O)OCC(F)(F)C(F)F. The predicted molar refractivity (Wildman–Crippen MR) is 80.7 cm³/mol. The standard InChI is InChI=1S/C16H22F8O4/c1-14(2,13(26)28-9-16(23,24)12(19)20)7-5-3-4-6-10(25)27-8-15(21,22)11(17)18/h11-12H,3-9H2,1-2H3. The van der Waals surface area contributed by atoms with Crippen molar-refractivity contribution in [1.29, 1.82) is 0 Å². The van der Waals surface area contributed by atoms with Crippen LogP contribution in [0.5, 0.6) is 0 Å². The lowest BCUT2D eigenvalue weighted by Gasteiger charge is -2.24. The van der Waals surface area contributed by atoms with Gasteiger partial charge in [0.2, 0.25) is 0 Å². The summed E-state index contributed by atoms with van der Waals surface area (Å²) in [5.41, 5.74) is -1.25. The second-order valence-electron chi connectivity index (χ2n) is 6.80. The highest BCUT2D eigenvalue weighted by molar-refractivity contribution is 5.75. The molecule has 0 aromatic rings. The molecule has 0 saturated heterocycles. The van der Waals surface area contributed by atoms with Gasteiger partial charge in [-0.15, -0.1) is 0 Å². The molecule has 0 unspecified atom stereocenters. The van der Waals surface area contributed by atoms with Gasteiger partial charge in [-0.3, -0.25) is 9.59 Å². The molecule has 28 heavy (non-hydrogen) atoms. The van der Waals surface area contributed by atoms with Crippen molar-refractivity contribution in [2.75, 3.05) is 13.2 Å². The number of hydrogen-bond acceptors (Lipinski definition) is 4. The first-order chi connectivity index (χ1) is 12.6. The van der Waals surface area contributed by atoms with E-state index in [1.165, 1.54) is 13.8 Å². The first-order valence-electron chi connectivity index (χ1n) is 8.26. The summed E-state index contributed by atoms with van der Waals surface area (Å²) in [5.74, 6) is -11.1. The second-order valence-corrected chi connectivity index (χ2v) is 6.80. The van der Waals surface area contributed by atoms with Gasteiger partial charge in [0, 0.05) is 6.42 Å². The molecule has 0 aliphatic heterocycles. The highest BCUT2D eigenvalue weighted by Crippen LogP contribution is 2.29. The highest BCUT2D eigenvalue weighted by Gasteiger charge is 2.43. The average Bonchev–Trinajstić information content (AvgIpc) is 2.57. The number of carbonyl (C=O) groups is 2. The number of hydrogen-bond donors (Lipinski definition) is 0. The lowest BCUT2D eigenvalue weighted by Crippen LogP contribution is -2.36. The molecule has 12 heteroatoms. The summed E-state index contributed by atoms with van der Waals surface area (Å²) in [6, 6.07) is 0. The Morgan fingerprint density at radius 1 is 0.786 bits per heavy atom. The number of ether oxygens (including phenoxy) is 2. The average molecular weight is 430 g/mol. The number of esters is 2. The van der Waals surface area contributed by atoms with Crippen molar-refractivity contribution in [2.45, 2.75) is 70.6 Å². The minimum absolute atomic E-state index is 0.116. The van der Waals surface area contributed by atoms with Gasteiger partial charge in [0.1, 0.15) is 0 Å². The summed E-state index contributed by atoms with van der Waals surface area (Å²) in [6.45, 7) is -0.763. The van der Waals surface area contributed by atoms with Crippen molar-refractivity contribution in [2.24, 2.45) is 5.41 Å². The van der Waals surface area contributed by atoms with Crippen molar-refractivity contribution < 1.29 is 54.2 Å². The van der Waals surface area contributed by atoms with Crippen LogP contribution >= 0.6 is 0 Å². The van der Waals surface area contributed by atoms with Gasteiger partial charge in [0.05, 0.1) is 5.41 Å². The maximum atomic E-state index is 12.7. The zero-order valence-electron chi connectivity index (χ0n) is 15.3. The molecule has 0 atom stereocenters. The number of carbonyl (C=O) groups excluding carboxylic acids is 2. The first-order valence-corrected chi connectivity index (χ1v) is 8.26. The molecule has 0 aromatic heterocycles. The molecule has 0 fully saturated rings. The summed E-state index contributed by atoms with van der Waals surface area (Å²) < 4.78 is 107. The van der Waals surface area contributed by atoms with Gasteiger partial charge < -0.3 is 9.47 Å². The zero-order chi connectivity index (χ0) is 22.2. The van der Waals surface area contributed by atoms with Gasteiger partial charge in [-0.25, -0.2) is 17.6 Å². The van der Waals surface area contributed by atoms with Crippen LogP contribution in [0.2, 0.25) is 0 Å². The third-order valence-electron chi connectivity index (χ3n) is 3.70. The van der Waals surface area contributed by atoms with Crippen LogP contribution in [-0.4, -0.2) is 49.8 Å². The van der Waals surface area contributed by atoms with Gasteiger partial charge in [0.15, 0.2) is 13.2 Å². The summed E-state index contributed by atoms with van der Waals surface area (Å²) in [4.78, 5) is 22.9. The van der Waals surface area contributed by atoms with Gasteiger partial charge in [0.25, 0.3) is 0 Å². The molecule has 0 heterocycles. The number of alkyl halides is 8. The summed E-state index contributed by atoms with van der Waals surface area (Å²) >= 11 is 0. The molecule has 0 amide bonds. The monoisotopic (exact) mass is 430 g/mol. The molecule has 0 spiro atoms. The first kappa shape index (κ1) is 26.4. The minimum atomic E-state index is -4.45. The third-order valence-corrected chi connectivity index (χ3v) is 3.70. The van der Waals surface area contributed by atoms with E-state index in [2.05, 4.69) is 9.47 Å². The Hall–Kier alpha value is -1.62. The van der Waals surface area contributed by atoms with Crippen molar-refractivity contribution in [1.82, 2.24) is 0 Å². The number of rotatable bonds is 13. The van der Waals surface area contributed by atoms with Crippen molar-refractivity contribution in [3.8, 4) is 0 Å². The van der Waals surface area contributed by atoms with E-state index in [-0.39, 0.29) is 19.3 Å². The fourth-order valence-corrected chi connectivity index (χ4v) is 1.85. The second kappa shape index (κ2) is 10.8. The zero-order valence-corrected chi connectivity index (χ0v) is 15.3. The van der Waals surface area contributed by atoms with Crippen LogP contribution in [0.1, 0.15) is 46.0 Å². The topological polar surface area (TPSA) is 52.6 Å². The maximum Gasteiger partial charge on any atom is 0.340 e. The molecular weight excluding hydrogens is 408 g/mol. The molecule has 4 nitrogen and oxygen atoms in total. The van der Waals surface area contributed by atoms with Gasteiger partial charge >= 0.3 is 36.6 Å². The molecule has 0 N–H and O–H groups in total. The van der Waals surface area contributed by atoms with Crippen LogP contribution in [0.15, 0.2) is 0 Å². The lowest BCUT2D eigenvalue weighted by molar-refractivity contribution is -0.186. The Morgan fingerprint density at radius 2 is 1.25 bits per heavy atom. The van der Waals surface area contributed by atoms with E-state index in [0.717, 1.165) is 0 Å². The molecule has 0 aliphatic carbocycles. The van der Waals surface area contributed by atoms with Gasteiger partial charge in [-0.1, -0.05) is 12.8 Å². The predicted octanol–water partition coefficient (Wildman–Crippen LogP) is 4.85. The molecule has 0 radical (unpaired) electrons. The minimum Gasteiger partial charge on any atom is -0.459 e. The van der Waals surface area contributed by atoms with Gasteiger partial charge in [-0.05, 0) is 26.7 Å². The molecule has 0 saturated carbocycles. The number of halogens is 8. The van der Waals surface area contributed by atoms with Crippen molar-refractivity contribution in [3.05, 3.63) is 0 Å². The Bertz CT molecular complexity index is 509. The fraction of sp³-hybridized carbons (Fsp3) is 0.875. The van der Waals surface area contributed by atoms with E-state index in [4.69, 9.17) is 0 Å². The Labute approximate surface area is 156 Å². The Balaban J connectivity index is 4.11. The van der Waals surface area contributed by atoms with Crippen LogP contribution in [0.3, 0.4) is 0 Å². The van der Waals surface area contributed by atoms with E-state index in [1.54, 1.807) is 0 Å². The van der Waals surface area contributed by atoms with E-state index < -0.39 is 55.3 Å². The highest BCUT2D eigenvalue weighted by atomic mass is 19.3. The quantitative estimate of drug-likeness (QED) is 0.238. The summed E-state index contributed by atoms with van der Waals surface area (Å²) in [7, 11) is 0. The molecule has 0 rings (SSSR count). The van der Waals surface area contributed by atoms with Crippen molar-refractivity contribution >= 4 is 11.9 Å². The largest absolute Gasteiger partial charge is 0.459 e. The third kappa shape index (κ3) is 9.54. The van der Waals surface area contributed by atoms with Crippen LogP contribution in [0.4, 0.5) is 35.1 Å². The van der Waals surface area contributed by atoms with Crippen LogP contribution in [0, 0.1) is 5.41 Å². The maximum absolute atomic E-state index is 12.7. The smallest absolute Gasteiger partial charge is 0.340 e. The molecular formula is C16H22F8O4. The van der Waals surface area contributed by atoms with Gasteiger partial charge in [-0.2, -0.15) is 17.6 Å². The van der Waals surface area contributed by atoms with Crippen LogP contribution in [0.25, 0.3) is 0 Å². The molecule has 166 valence electrons. The fourth-order valence-electron chi connectivity index (χ4n) is 1.85. The molecule has 0 aliphatic rings. The van der Waals surface area contributed by atoms with E-state index >= 15 is 0 Å². The van der Waals surface area contributed by atoms with Crippen LogP contribution < -0.4 is 0 Å². The van der Waals surface area contributed by atoms with Crippen LogP contribution in [-0.2, 0) is 19.1 Å². The lowest BCUT2D eigenvalue weighted by atomic mass is 9.87. The molecule has 0 bridgehead atoms. The molecule has 0 aromatic carbocycles. The van der Waals surface area contributed by atoms with Crippen molar-refractivity contribution in [3.63, 3.8) is 0 Å².